The summed E-state index contributed by atoms with van der Waals surface area (Å²) in [5, 5.41) is 2.59. The fourth-order valence-electron chi connectivity index (χ4n) is 1.35. The van der Waals surface area contributed by atoms with Crippen molar-refractivity contribution in [3.8, 4) is 0 Å². The van der Waals surface area contributed by atoms with Gasteiger partial charge in [-0.25, -0.2) is 8.78 Å². The van der Waals surface area contributed by atoms with Crippen LogP contribution in [0, 0.1) is 11.6 Å². The molecule has 0 heterocycles. The zero-order chi connectivity index (χ0) is 12.1. The van der Waals surface area contributed by atoms with Gasteiger partial charge in [0, 0.05) is 7.11 Å². The van der Waals surface area contributed by atoms with Crippen LogP contribution in [0.25, 0.3) is 0 Å². The molecule has 3 nitrogen and oxygen atoms in total. The van der Waals surface area contributed by atoms with E-state index in [-0.39, 0.29) is 18.7 Å². The van der Waals surface area contributed by atoms with Crippen molar-refractivity contribution in [3.63, 3.8) is 0 Å². The number of methoxy groups -OCH3 is 1. The summed E-state index contributed by atoms with van der Waals surface area (Å²) in [5.41, 5.74) is 0.183. The third-order valence-corrected chi connectivity index (χ3v) is 2.04. The van der Waals surface area contributed by atoms with Gasteiger partial charge in [-0.05, 0) is 24.7 Å². The number of Topliss-reactive ketones (excluding diaryl/α,β-unsaturated/α-hetero) is 1. The highest BCUT2D eigenvalue weighted by Crippen LogP contribution is 2.16. The van der Waals surface area contributed by atoms with E-state index in [4.69, 9.17) is 4.74 Å². The van der Waals surface area contributed by atoms with Crippen LogP contribution in [0.2, 0.25) is 0 Å². The van der Waals surface area contributed by atoms with Crippen LogP contribution in [0.3, 0.4) is 0 Å². The Balaban J connectivity index is 3.10. The number of rotatable bonds is 5. The van der Waals surface area contributed by atoms with Gasteiger partial charge in [0.1, 0.15) is 0 Å². The Hall–Kier alpha value is -1.33. The van der Waals surface area contributed by atoms with Crippen LogP contribution in [0.1, 0.15) is 15.9 Å². The lowest BCUT2D eigenvalue weighted by Gasteiger charge is -2.06. The molecule has 0 aliphatic rings. The number of hydrogen-bond donors (Lipinski definition) is 1. The Bertz CT molecular complexity index is 394. The minimum Gasteiger partial charge on any atom is -0.380 e. The molecule has 88 valence electrons. The number of likely N-dealkylation sites (N-methyl/N-ethyl adjacent to an activating group) is 1. The molecule has 0 unspecified atom stereocenters. The Labute approximate surface area is 92.4 Å². The van der Waals surface area contributed by atoms with Crippen LogP contribution in [0.15, 0.2) is 12.1 Å². The van der Waals surface area contributed by atoms with Gasteiger partial charge in [0.05, 0.1) is 18.7 Å². The molecule has 0 aromatic heterocycles. The van der Waals surface area contributed by atoms with E-state index in [9.17, 15) is 13.6 Å². The first-order valence-electron chi connectivity index (χ1n) is 4.74. The lowest BCUT2D eigenvalue weighted by atomic mass is 10.1. The van der Waals surface area contributed by atoms with Crippen molar-refractivity contribution in [2.24, 2.45) is 0 Å². The molecule has 0 bridgehead atoms. The Morgan fingerprint density at radius 2 is 2.12 bits per heavy atom. The first-order valence-corrected chi connectivity index (χ1v) is 4.74. The van der Waals surface area contributed by atoms with Crippen LogP contribution in [-0.4, -0.2) is 26.5 Å². The molecule has 1 aromatic carbocycles. The average molecular weight is 229 g/mol. The minimum absolute atomic E-state index is 0.0349. The summed E-state index contributed by atoms with van der Waals surface area (Å²) in [7, 11) is 3.00. The van der Waals surface area contributed by atoms with Crippen molar-refractivity contribution in [1.29, 1.82) is 0 Å². The number of carbonyl (C=O) groups excluding carboxylic acids is 1. The molecule has 0 spiro atoms. The second-order valence-electron chi connectivity index (χ2n) is 3.33. The SMILES string of the molecule is CNCC(=O)c1cc(COC)cc(F)c1F. The number of halogens is 2. The molecule has 0 saturated heterocycles. The van der Waals surface area contributed by atoms with Crippen molar-refractivity contribution in [3.05, 3.63) is 34.9 Å². The van der Waals surface area contributed by atoms with Gasteiger partial charge in [0.2, 0.25) is 0 Å². The number of ketones is 1. The summed E-state index contributed by atoms with van der Waals surface area (Å²) in [4.78, 5) is 11.5. The Kier molecular flexibility index (Phi) is 4.52. The molecule has 1 aromatic rings. The molecule has 16 heavy (non-hydrogen) atoms. The normalized spacial score (nSPS) is 10.5. The van der Waals surface area contributed by atoms with Crippen LogP contribution < -0.4 is 5.32 Å². The van der Waals surface area contributed by atoms with Gasteiger partial charge >= 0.3 is 0 Å². The summed E-state index contributed by atoms with van der Waals surface area (Å²) < 4.78 is 31.3. The van der Waals surface area contributed by atoms with E-state index in [0.717, 1.165) is 6.07 Å². The summed E-state index contributed by atoms with van der Waals surface area (Å²) >= 11 is 0. The Morgan fingerprint density at radius 3 is 2.69 bits per heavy atom. The van der Waals surface area contributed by atoms with E-state index < -0.39 is 17.4 Å². The number of ether oxygens (including phenoxy) is 1. The molecule has 5 heteroatoms. The van der Waals surface area contributed by atoms with Gasteiger partial charge in [0.15, 0.2) is 17.4 Å². The van der Waals surface area contributed by atoms with Crippen LogP contribution in [0.4, 0.5) is 8.78 Å². The van der Waals surface area contributed by atoms with Gasteiger partial charge in [0.25, 0.3) is 0 Å². The summed E-state index contributed by atoms with van der Waals surface area (Å²) in [5.74, 6) is -2.63. The topological polar surface area (TPSA) is 38.3 Å². The third kappa shape index (κ3) is 2.84. The summed E-state index contributed by atoms with van der Waals surface area (Å²) in [6.07, 6.45) is 0. The van der Waals surface area contributed by atoms with Crippen molar-refractivity contribution in [2.75, 3.05) is 20.7 Å². The predicted molar refractivity (Wildman–Crippen MR) is 55.3 cm³/mol. The maximum Gasteiger partial charge on any atom is 0.179 e. The molecule has 0 saturated carbocycles. The molecule has 0 aliphatic carbocycles. The first-order chi connectivity index (χ1) is 7.60. The van der Waals surface area contributed by atoms with Crippen LogP contribution >= 0.6 is 0 Å². The molecule has 0 aliphatic heterocycles. The van der Waals surface area contributed by atoms with Crippen molar-refractivity contribution in [1.82, 2.24) is 5.32 Å². The number of benzene rings is 1. The monoisotopic (exact) mass is 229 g/mol. The van der Waals surface area contributed by atoms with Crippen molar-refractivity contribution >= 4 is 5.78 Å². The maximum atomic E-state index is 13.3. The fourth-order valence-corrected chi connectivity index (χ4v) is 1.35. The first kappa shape index (κ1) is 12.7. The molecular weight excluding hydrogens is 216 g/mol. The Morgan fingerprint density at radius 1 is 1.44 bits per heavy atom. The zero-order valence-corrected chi connectivity index (χ0v) is 9.14. The second-order valence-corrected chi connectivity index (χ2v) is 3.33. The smallest absolute Gasteiger partial charge is 0.179 e. The summed E-state index contributed by atoms with van der Waals surface area (Å²) in [6.45, 7) is 0.101. The highest BCUT2D eigenvalue weighted by atomic mass is 19.2. The van der Waals surface area contributed by atoms with E-state index in [0.29, 0.717) is 5.56 Å². The zero-order valence-electron chi connectivity index (χ0n) is 9.14. The summed E-state index contributed by atoms with van der Waals surface area (Å²) in [6, 6.07) is 2.33. The van der Waals surface area contributed by atoms with Crippen LogP contribution in [0.5, 0.6) is 0 Å². The molecule has 0 fully saturated rings. The fraction of sp³-hybridized carbons (Fsp3) is 0.364. The third-order valence-electron chi connectivity index (χ3n) is 2.04. The molecule has 0 atom stereocenters. The van der Waals surface area contributed by atoms with Gasteiger partial charge < -0.3 is 10.1 Å². The number of carbonyl (C=O) groups is 1. The van der Waals surface area contributed by atoms with Gasteiger partial charge in [-0.2, -0.15) is 0 Å². The maximum absolute atomic E-state index is 13.3. The van der Waals surface area contributed by atoms with Gasteiger partial charge in [-0.3, -0.25) is 4.79 Å². The number of nitrogens with one attached hydrogen (secondary N) is 1. The minimum atomic E-state index is -1.11. The van der Waals surface area contributed by atoms with Crippen LogP contribution in [-0.2, 0) is 11.3 Å². The molecule has 1 rings (SSSR count). The lowest BCUT2D eigenvalue weighted by Crippen LogP contribution is -2.20. The van der Waals surface area contributed by atoms with E-state index in [2.05, 4.69) is 5.32 Å². The van der Waals surface area contributed by atoms with Gasteiger partial charge in [-0.15, -0.1) is 0 Å². The van der Waals surface area contributed by atoms with E-state index >= 15 is 0 Å². The average Bonchev–Trinajstić information content (AvgIpc) is 2.23. The lowest BCUT2D eigenvalue weighted by molar-refractivity contribution is 0.0988. The molecular formula is C11H13F2NO2. The highest BCUT2D eigenvalue weighted by Gasteiger charge is 2.16. The second kappa shape index (κ2) is 5.67. The van der Waals surface area contributed by atoms with E-state index in [1.807, 2.05) is 0 Å². The van der Waals surface area contributed by atoms with Crippen molar-refractivity contribution in [2.45, 2.75) is 6.61 Å². The molecule has 0 radical (unpaired) electrons. The standard InChI is InChI=1S/C11H13F2NO2/c1-14-5-10(15)8-3-7(6-16-2)4-9(12)11(8)13/h3-4,14H,5-6H2,1-2H3. The van der Waals surface area contributed by atoms with E-state index in [1.54, 1.807) is 7.05 Å². The van der Waals surface area contributed by atoms with Crippen molar-refractivity contribution < 1.29 is 18.3 Å². The van der Waals surface area contributed by atoms with E-state index in [1.165, 1.54) is 13.2 Å². The molecule has 1 N–H and O–H groups in total. The predicted octanol–water partition coefficient (Wildman–Crippen LogP) is 1.51. The quantitative estimate of drug-likeness (QED) is 0.778. The molecule has 0 amide bonds. The number of hydrogen-bond acceptors (Lipinski definition) is 3. The highest BCUT2D eigenvalue weighted by molar-refractivity contribution is 5.98. The largest absolute Gasteiger partial charge is 0.380 e. The van der Waals surface area contributed by atoms with Gasteiger partial charge in [-0.1, -0.05) is 0 Å².